The topological polar surface area (TPSA) is 59.0 Å². The molecular weight excluding hydrogens is 240 g/mol. The summed E-state index contributed by atoms with van der Waals surface area (Å²) in [4.78, 5) is 10.9. The number of aryl methyl sites for hydroxylation is 1. The minimum absolute atomic E-state index is 0.0608. The number of benzene rings is 1. The summed E-state index contributed by atoms with van der Waals surface area (Å²) in [6.07, 6.45) is 3.73. The minimum Gasteiger partial charge on any atom is -0.376 e. The molecule has 1 aromatic heterocycles. The van der Waals surface area contributed by atoms with E-state index in [4.69, 9.17) is 0 Å². The molecule has 0 spiro atoms. The molecule has 0 bridgehead atoms. The number of carbonyl (C=O) groups is 1. The van der Waals surface area contributed by atoms with Crippen LogP contribution in [-0.4, -0.2) is 15.7 Å². The first kappa shape index (κ1) is 13.1. The average molecular weight is 258 g/mol. The van der Waals surface area contributed by atoms with Gasteiger partial charge >= 0.3 is 0 Å². The fraction of sp³-hybridized carbons (Fsp3) is 0.286. The van der Waals surface area contributed by atoms with Gasteiger partial charge in [-0.05, 0) is 24.6 Å². The van der Waals surface area contributed by atoms with Crippen molar-refractivity contribution in [1.29, 1.82) is 0 Å². The maximum absolute atomic E-state index is 10.9. The van der Waals surface area contributed by atoms with Crippen molar-refractivity contribution in [3.05, 3.63) is 42.2 Å². The Kier molecular flexibility index (Phi) is 3.85. The normalized spacial score (nSPS) is 11.9. The first-order valence-corrected chi connectivity index (χ1v) is 6.17. The molecule has 0 fully saturated rings. The zero-order valence-electron chi connectivity index (χ0n) is 11.3. The monoisotopic (exact) mass is 258 g/mol. The van der Waals surface area contributed by atoms with E-state index in [1.807, 2.05) is 37.5 Å². The van der Waals surface area contributed by atoms with E-state index in [-0.39, 0.29) is 11.9 Å². The van der Waals surface area contributed by atoms with Gasteiger partial charge in [0.25, 0.3) is 0 Å². The van der Waals surface area contributed by atoms with Gasteiger partial charge in [0.05, 0.1) is 11.9 Å². The Balaban J connectivity index is 2.02. The Morgan fingerprint density at radius 2 is 1.95 bits per heavy atom. The Hall–Kier alpha value is -2.30. The van der Waals surface area contributed by atoms with Crippen LogP contribution in [0, 0.1) is 0 Å². The van der Waals surface area contributed by atoms with Crippen LogP contribution in [0.3, 0.4) is 0 Å². The number of nitrogens with zero attached hydrogens (tertiary/aromatic N) is 2. The molecule has 0 aliphatic rings. The van der Waals surface area contributed by atoms with E-state index in [9.17, 15) is 4.79 Å². The van der Waals surface area contributed by atoms with E-state index in [0.29, 0.717) is 0 Å². The Bertz CT molecular complexity index is 559. The lowest BCUT2D eigenvalue weighted by Crippen LogP contribution is -2.08. The molecule has 19 heavy (non-hydrogen) atoms. The molecule has 100 valence electrons. The summed E-state index contributed by atoms with van der Waals surface area (Å²) in [7, 11) is 1.89. The predicted molar refractivity (Wildman–Crippen MR) is 76.0 cm³/mol. The number of amides is 1. The van der Waals surface area contributed by atoms with Gasteiger partial charge < -0.3 is 10.6 Å². The molecule has 0 aliphatic carbocycles. The third-order valence-corrected chi connectivity index (χ3v) is 2.82. The van der Waals surface area contributed by atoms with Gasteiger partial charge in [0.15, 0.2) is 0 Å². The molecule has 1 aromatic carbocycles. The van der Waals surface area contributed by atoms with Crippen LogP contribution in [0.15, 0.2) is 36.7 Å². The van der Waals surface area contributed by atoms with E-state index >= 15 is 0 Å². The summed E-state index contributed by atoms with van der Waals surface area (Å²) in [5, 5.41) is 10.2. The van der Waals surface area contributed by atoms with Crippen LogP contribution in [-0.2, 0) is 11.8 Å². The molecule has 0 saturated carbocycles. The van der Waals surface area contributed by atoms with Crippen molar-refractivity contribution in [2.45, 2.75) is 19.9 Å². The molecule has 1 atom stereocenters. The summed E-state index contributed by atoms with van der Waals surface area (Å²) in [5.41, 5.74) is 2.95. The number of hydrogen-bond acceptors (Lipinski definition) is 3. The first-order valence-electron chi connectivity index (χ1n) is 6.17. The van der Waals surface area contributed by atoms with Crippen LogP contribution in [0.2, 0.25) is 0 Å². The number of carbonyl (C=O) groups excluding carboxylic acids is 1. The second kappa shape index (κ2) is 5.56. The van der Waals surface area contributed by atoms with Gasteiger partial charge in [0.1, 0.15) is 0 Å². The number of hydrogen-bond donors (Lipinski definition) is 2. The zero-order valence-corrected chi connectivity index (χ0v) is 11.3. The number of aromatic nitrogens is 2. The molecule has 5 heteroatoms. The third kappa shape index (κ3) is 3.58. The quantitative estimate of drug-likeness (QED) is 0.886. The highest BCUT2D eigenvalue weighted by molar-refractivity contribution is 5.88. The molecule has 0 unspecified atom stereocenters. The average Bonchev–Trinajstić information content (AvgIpc) is 2.75. The lowest BCUT2D eigenvalue weighted by molar-refractivity contribution is -0.114. The summed E-state index contributed by atoms with van der Waals surface area (Å²) < 4.78 is 1.76. The smallest absolute Gasteiger partial charge is 0.221 e. The third-order valence-electron chi connectivity index (χ3n) is 2.82. The highest BCUT2D eigenvalue weighted by atomic mass is 16.1. The summed E-state index contributed by atoms with van der Waals surface area (Å²) in [6.45, 7) is 3.58. The molecule has 0 saturated heterocycles. The van der Waals surface area contributed by atoms with Crippen LogP contribution in [0.4, 0.5) is 11.4 Å². The van der Waals surface area contributed by atoms with Crippen molar-refractivity contribution in [1.82, 2.24) is 9.78 Å². The van der Waals surface area contributed by atoms with Crippen LogP contribution in [0.5, 0.6) is 0 Å². The van der Waals surface area contributed by atoms with Gasteiger partial charge in [-0.2, -0.15) is 5.10 Å². The lowest BCUT2D eigenvalue weighted by atomic mass is 10.1. The molecule has 0 radical (unpaired) electrons. The van der Waals surface area contributed by atoms with Crippen molar-refractivity contribution in [2.75, 3.05) is 10.6 Å². The molecule has 2 N–H and O–H groups in total. The highest BCUT2D eigenvalue weighted by Gasteiger charge is 2.06. The van der Waals surface area contributed by atoms with Gasteiger partial charge in [-0.3, -0.25) is 9.48 Å². The van der Waals surface area contributed by atoms with Crippen molar-refractivity contribution in [3.8, 4) is 0 Å². The molecule has 2 aromatic rings. The maximum Gasteiger partial charge on any atom is 0.221 e. The van der Waals surface area contributed by atoms with Crippen LogP contribution >= 0.6 is 0 Å². The highest BCUT2D eigenvalue weighted by Crippen LogP contribution is 2.20. The Morgan fingerprint density at radius 1 is 1.26 bits per heavy atom. The van der Waals surface area contributed by atoms with Gasteiger partial charge in [0.2, 0.25) is 5.91 Å². The summed E-state index contributed by atoms with van der Waals surface area (Å²) in [6, 6.07) is 7.98. The molecule has 1 amide bonds. The summed E-state index contributed by atoms with van der Waals surface area (Å²) >= 11 is 0. The van der Waals surface area contributed by atoms with Crippen LogP contribution in [0.1, 0.15) is 25.5 Å². The lowest BCUT2D eigenvalue weighted by Gasteiger charge is -2.14. The molecule has 0 aliphatic heterocycles. The van der Waals surface area contributed by atoms with Crippen molar-refractivity contribution in [3.63, 3.8) is 0 Å². The molecule has 2 rings (SSSR count). The van der Waals surface area contributed by atoms with E-state index < -0.39 is 0 Å². The van der Waals surface area contributed by atoms with E-state index in [1.165, 1.54) is 6.92 Å². The first-order chi connectivity index (χ1) is 9.04. The van der Waals surface area contributed by atoms with E-state index in [2.05, 4.69) is 22.7 Å². The van der Waals surface area contributed by atoms with Crippen molar-refractivity contribution >= 4 is 17.3 Å². The molecular formula is C14H18N4O. The van der Waals surface area contributed by atoms with Crippen LogP contribution < -0.4 is 10.6 Å². The molecule has 1 heterocycles. The number of rotatable bonds is 4. The minimum atomic E-state index is -0.0608. The summed E-state index contributed by atoms with van der Waals surface area (Å²) in [5.74, 6) is -0.0608. The zero-order chi connectivity index (χ0) is 13.8. The number of nitrogens with one attached hydrogen (secondary N) is 2. The SMILES string of the molecule is CC(=O)Nc1ccc([C@@H](C)Nc2cnn(C)c2)cc1. The fourth-order valence-corrected chi connectivity index (χ4v) is 1.89. The second-order valence-corrected chi connectivity index (χ2v) is 4.57. The second-order valence-electron chi connectivity index (χ2n) is 4.57. The maximum atomic E-state index is 10.9. The van der Waals surface area contributed by atoms with E-state index in [1.54, 1.807) is 10.9 Å². The van der Waals surface area contributed by atoms with Gasteiger partial charge in [0, 0.05) is 31.9 Å². The Labute approximate surface area is 112 Å². The van der Waals surface area contributed by atoms with Gasteiger partial charge in [-0.15, -0.1) is 0 Å². The standard InChI is InChI=1S/C14H18N4O/c1-10(16-14-8-15-18(3)9-14)12-4-6-13(7-5-12)17-11(2)19/h4-10,16H,1-3H3,(H,17,19)/t10-/m1/s1. The van der Waals surface area contributed by atoms with Gasteiger partial charge in [-0.1, -0.05) is 12.1 Å². The number of anilines is 2. The van der Waals surface area contributed by atoms with Crippen molar-refractivity contribution in [2.24, 2.45) is 7.05 Å². The predicted octanol–water partition coefficient (Wildman–Crippen LogP) is 2.55. The largest absolute Gasteiger partial charge is 0.376 e. The van der Waals surface area contributed by atoms with Crippen molar-refractivity contribution < 1.29 is 4.79 Å². The van der Waals surface area contributed by atoms with E-state index in [0.717, 1.165) is 16.9 Å². The molecule has 5 nitrogen and oxygen atoms in total. The van der Waals surface area contributed by atoms with Gasteiger partial charge in [-0.25, -0.2) is 0 Å². The Morgan fingerprint density at radius 3 is 2.47 bits per heavy atom. The van der Waals surface area contributed by atoms with Crippen LogP contribution in [0.25, 0.3) is 0 Å². The fourth-order valence-electron chi connectivity index (χ4n) is 1.89.